The zero-order chi connectivity index (χ0) is 24.4. The lowest BCUT2D eigenvalue weighted by Crippen LogP contribution is -2.53. The molecular weight excluding hydrogens is 442 g/mol. The molecule has 1 aliphatic carbocycles. The van der Waals surface area contributed by atoms with Gasteiger partial charge in [0.25, 0.3) is 0 Å². The molecule has 1 amide bonds. The molecule has 2 aromatic rings. The third-order valence-electron chi connectivity index (χ3n) is 8.00. The Bertz CT molecular complexity index is 994. The highest BCUT2D eigenvalue weighted by atomic mass is 16.6. The molecule has 0 radical (unpaired) electrons. The van der Waals surface area contributed by atoms with Gasteiger partial charge in [0.1, 0.15) is 11.9 Å². The second kappa shape index (κ2) is 10.4. The molecule has 4 heterocycles. The number of hydrogen-bond donors (Lipinski definition) is 0. The quantitative estimate of drug-likeness (QED) is 0.647. The first-order chi connectivity index (χ1) is 16.9. The third-order valence-corrected chi connectivity index (χ3v) is 8.00. The number of piperazine rings is 1. The minimum atomic E-state index is -0.436. The Morgan fingerprint density at radius 1 is 1.06 bits per heavy atom. The second-order valence-corrected chi connectivity index (χ2v) is 11.5. The molecule has 8 nitrogen and oxygen atoms in total. The molecule has 3 fully saturated rings. The predicted molar refractivity (Wildman–Crippen MR) is 135 cm³/mol. The van der Waals surface area contributed by atoms with E-state index in [1.54, 1.807) is 6.33 Å². The Hall–Kier alpha value is -2.19. The van der Waals surface area contributed by atoms with Gasteiger partial charge in [0.2, 0.25) is 0 Å². The summed E-state index contributed by atoms with van der Waals surface area (Å²) in [4.78, 5) is 21.6. The lowest BCUT2D eigenvalue weighted by Gasteiger charge is -2.42. The van der Waals surface area contributed by atoms with E-state index < -0.39 is 5.60 Å². The number of rotatable bonds is 4. The van der Waals surface area contributed by atoms with Crippen molar-refractivity contribution in [3.63, 3.8) is 0 Å². The van der Waals surface area contributed by atoms with Crippen LogP contribution in [0.2, 0.25) is 0 Å². The van der Waals surface area contributed by atoms with Gasteiger partial charge in [-0.2, -0.15) is 5.10 Å². The molecule has 3 aliphatic rings. The first-order valence-corrected chi connectivity index (χ1v) is 13.5. The molecule has 2 aromatic heterocycles. The van der Waals surface area contributed by atoms with Gasteiger partial charge < -0.3 is 14.4 Å². The van der Waals surface area contributed by atoms with Crippen LogP contribution in [0.1, 0.15) is 76.5 Å². The van der Waals surface area contributed by atoms with Gasteiger partial charge in [0.05, 0.1) is 11.2 Å². The number of fused-ring (bicyclic) bond motifs is 1. The van der Waals surface area contributed by atoms with E-state index in [9.17, 15) is 4.79 Å². The fourth-order valence-electron chi connectivity index (χ4n) is 6.12. The summed E-state index contributed by atoms with van der Waals surface area (Å²) in [6.07, 6.45) is 11.8. The number of carbonyl (C=O) groups is 1. The summed E-state index contributed by atoms with van der Waals surface area (Å²) in [5.74, 6) is 1.22. The summed E-state index contributed by atoms with van der Waals surface area (Å²) in [5, 5.41) is 4.49. The van der Waals surface area contributed by atoms with E-state index in [-0.39, 0.29) is 6.09 Å². The maximum absolute atomic E-state index is 12.4. The topological polar surface area (TPSA) is 72.2 Å². The van der Waals surface area contributed by atoms with Crippen LogP contribution in [-0.4, -0.2) is 81.5 Å². The molecule has 0 bridgehead atoms. The van der Waals surface area contributed by atoms with E-state index in [4.69, 9.17) is 14.5 Å². The van der Waals surface area contributed by atoms with Gasteiger partial charge in [-0.15, -0.1) is 0 Å². The van der Waals surface area contributed by atoms with Crippen LogP contribution in [0.3, 0.4) is 0 Å². The van der Waals surface area contributed by atoms with Gasteiger partial charge in [0.15, 0.2) is 0 Å². The van der Waals surface area contributed by atoms with Crippen molar-refractivity contribution in [2.45, 2.75) is 83.3 Å². The summed E-state index contributed by atoms with van der Waals surface area (Å²) in [6.45, 7) is 10.9. The minimum absolute atomic E-state index is 0.178. The maximum atomic E-state index is 12.4. The SMILES string of the molecule is CC(C)(C)OC(=O)N1CCN(C2CCC(Cc3ncnn4ccc(C5CCOCC5)c34)CC2)CC1. The first-order valence-electron chi connectivity index (χ1n) is 13.5. The van der Waals surface area contributed by atoms with Crippen molar-refractivity contribution < 1.29 is 14.3 Å². The van der Waals surface area contributed by atoms with Crippen LogP contribution in [0.25, 0.3) is 5.52 Å². The smallest absolute Gasteiger partial charge is 0.410 e. The lowest BCUT2D eigenvalue weighted by atomic mass is 9.82. The van der Waals surface area contributed by atoms with Crippen LogP contribution in [0.15, 0.2) is 18.6 Å². The lowest BCUT2D eigenvalue weighted by molar-refractivity contribution is 0.00719. The van der Waals surface area contributed by atoms with Crippen molar-refractivity contribution in [2.75, 3.05) is 39.4 Å². The fraction of sp³-hybridized carbons (Fsp3) is 0.741. The van der Waals surface area contributed by atoms with Crippen LogP contribution in [0.4, 0.5) is 4.79 Å². The molecule has 0 atom stereocenters. The second-order valence-electron chi connectivity index (χ2n) is 11.5. The molecule has 192 valence electrons. The summed E-state index contributed by atoms with van der Waals surface area (Å²) in [7, 11) is 0. The molecule has 0 spiro atoms. The molecule has 5 rings (SSSR count). The third kappa shape index (κ3) is 5.80. The average molecular weight is 484 g/mol. The van der Waals surface area contributed by atoms with E-state index in [0.29, 0.717) is 17.9 Å². The number of nitrogens with zero attached hydrogens (tertiary/aromatic N) is 5. The minimum Gasteiger partial charge on any atom is -0.444 e. The molecule has 35 heavy (non-hydrogen) atoms. The van der Waals surface area contributed by atoms with Crippen molar-refractivity contribution in [3.8, 4) is 0 Å². The number of aromatic nitrogens is 3. The largest absolute Gasteiger partial charge is 0.444 e. The van der Waals surface area contributed by atoms with Crippen molar-refractivity contribution in [1.29, 1.82) is 0 Å². The van der Waals surface area contributed by atoms with E-state index in [0.717, 1.165) is 58.7 Å². The van der Waals surface area contributed by atoms with E-state index in [2.05, 4.69) is 22.3 Å². The molecule has 2 saturated heterocycles. The van der Waals surface area contributed by atoms with Gasteiger partial charge in [-0.05, 0) is 89.2 Å². The number of hydrogen-bond acceptors (Lipinski definition) is 6. The molecule has 8 heteroatoms. The summed E-state index contributed by atoms with van der Waals surface area (Å²) < 4.78 is 13.2. The van der Waals surface area contributed by atoms with Crippen molar-refractivity contribution >= 4 is 11.6 Å². The molecular formula is C27H41N5O3. The highest BCUT2D eigenvalue weighted by Crippen LogP contribution is 2.35. The summed E-state index contributed by atoms with van der Waals surface area (Å²) >= 11 is 0. The molecule has 0 unspecified atom stereocenters. The summed E-state index contributed by atoms with van der Waals surface area (Å²) in [6, 6.07) is 2.88. The summed E-state index contributed by atoms with van der Waals surface area (Å²) in [5.41, 5.74) is 3.41. The standard InChI is InChI=1S/C27H41N5O3/c1-27(2,3)35-26(33)31-14-12-30(13-15-31)22-6-4-20(5-7-22)18-24-25-23(21-9-16-34-17-10-21)8-11-32(25)29-19-28-24/h8,11,19-22H,4-7,9-10,12-18H2,1-3H3. The highest BCUT2D eigenvalue weighted by molar-refractivity contribution is 5.68. The zero-order valence-corrected chi connectivity index (χ0v) is 21.6. The Balaban J connectivity index is 1.15. The molecule has 1 saturated carbocycles. The van der Waals surface area contributed by atoms with Crippen molar-refractivity contribution in [3.05, 3.63) is 29.8 Å². The Labute approximate surface area is 209 Å². The van der Waals surface area contributed by atoms with Gasteiger partial charge in [-0.3, -0.25) is 4.90 Å². The van der Waals surface area contributed by atoms with Gasteiger partial charge >= 0.3 is 6.09 Å². The predicted octanol–water partition coefficient (Wildman–Crippen LogP) is 4.28. The highest BCUT2D eigenvalue weighted by Gasteiger charge is 2.32. The van der Waals surface area contributed by atoms with E-state index in [1.165, 1.54) is 42.5 Å². The van der Waals surface area contributed by atoms with Crippen molar-refractivity contribution in [2.24, 2.45) is 5.92 Å². The van der Waals surface area contributed by atoms with Crippen molar-refractivity contribution in [1.82, 2.24) is 24.4 Å². The van der Waals surface area contributed by atoms with Crippen LogP contribution in [0, 0.1) is 5.92 Å². The number of ether oxygens (including phenoxy) is 2. The normalized spacial score (nSPS) is 25.2. The van der Waals surface area contributed by atoms with Crippen LogP contribution in [-0.2, 0) is 15.9 Å². The zero-order valence-electron chi connectivity index (χ0n) is 21.6. The number of carbonyl (C=O) groups excluding carboxylic acids is 1. The van der Waals surface area contributed by atoms with Crippen LogP contribution < -0.4 is 0 Å². The van der Waals surface area contributed by atoms with Crippen LogP contribution in [0.5, 0.6) is 0 Å². The molecule has 0 N–H and O–H groups in total. The Kier molecular flexibility index (Phi) is 7.30. The Morgan fingerprint density at radius 3 is 2.46 bits per heavy atom. The fourth-order valence-corrected chi connectivity index (χ4v) is 6.12. The van der Waals surface area contributed by atoms with E-state index >= 15 is 0 Å². The molecule has 0 aromatic carbocycles. The number of amides is 1. The average Bonchev–Trinajstić information content (AvgIpc) is 3.30. The maximum Gasteiger partial charge on any atom is 0.410 e. The molecule has 2 aliphatic heterocycles. The van der Waals surface area contributed by atoms with E-state index in [1.807, 2.05) is 30.2 Å². The van der Waals surface area contributed by atoms with Crippen LogP contribution >= 0.6 is 0 Å². The van der Waals surface area contributed by atoms with Gasteiger partial charge in [-0.1, -0.05) is 0 Å². The first kappa shape index (κ1) is 24.5. The monoisotopic (exact) mass is 483 g/mol. The van der Waals surface area contributed by atoms with Gasteiger partial charge in [0, 0.05) is 51.6 Å². The Morgan fingerprint density at radius 2 is 1.77 bits per heavy atom. The van der Waals surface area contributed by atoms with Gasteiger partial charge in [-0.25, -0.2) is 14.3 Å².